The molecule has 2 aromatic carbocycles. The highest BCUT2D eigenvalue weighted by Crippen LogP contribution is 2.34. The van der Waals surface area contributed by atoms with Crippen molar-refractivity contribution in [1.82, 2.24) is 5.32 Å². The van der Waals surface area contributed by atoms with E-state index in [2.05, 4.69) is 19.2 Å². The first-order chi connectivity index (χ1) is 9.58. The lowest BCUT2D eigenvalue weighted by atomic mass is 10.1. The Morgan fingerprint density at radius 2 is 1.85 bits per heavy atom. The smallest absolute Gasteiger partial charge is 0.150 e. The molecule has 20 heavy (non-hydrogen) atoms. The summed E-state index contributed by atoms with van der Waals surface area (Å²) in [5.74, 6) is 1.57. The fraction of sp³-hybridized carbons (Fsp3) is 0.294. The summed E-state index contributed by atoms with van der Waals surface area (Å²) < 4.78 is 6.03. The molecule has 0 atom stereocenters. The Kier molecular flexibility index (Phi) is 5.05. The Bertz CT molecular complexity index is 581. The number of aryl methyl sites for hydroxylation is 1. The number of ether oxygens (including phenoxy) is 1. The van der Waals surface area contributed by atoms with Crippen molar-refractivity contribution < 1.29 is 4.74 Å². The lowest BCUT2D eigenvalue weighted by molar-refractivity contribution is 0.466. The summed E-state index contributed by atoms with van der Waals surface area (Å²) in [7, 11) is 0. The third kappa shape index (κ3) is 3.75. The third-order valence-electron chi connectivity index (χ3n) is 3.05. The molecule has 0 heterocycles. The Balaban J connectivity index is 2.28. The summed E-state index contributed by atoms with van der Waals surface area (Å²) in [6.45, 7) is 7.00. The van der Waals surface area contributed by atoms with E-state index in [1.807, 2.05) is 49.4 Å². The van der Waals surface area contributed by atoms with Crippen molar-refractivity contribution in [2.24, 2.45) is 0 Å². The van der Waals surface area contributed by atoms with Crippen molar-refractivity contribution >= 4 is 11.6 Å². The molecule has 0 aliphatic rings. The molecule has 2 rings (SSSR count). The van der Waals surface area contributed by atoms with Gasteiger partial charge in [-0.2, -0.15) is 0 Å². The van der Waals surface area contributed by atoms with E-state index in [-0.39, 0.29) is 0 Å². The molecule has 0 saturated carbocycles. The zero-order valence-electron chi connectivity index (χ0n) is 12.1. The standard InChI is InChI=1S/C17H20ClNO/c1-12(2)19-11-14-8-6-9-15(18)17(14)20-16-10-5-4-7-13(16)3/h4-10,12,19H,11H2,1-3H3. The zero-order valence-corrected chi connectivity index (χ0v) is 12.9. The molecular weight excluding hydrogens is 270 g/mol. The predicted molar refractivity (Wildman–Crippen MR) is 84.7 cm³/mol. The highest BCUT2D eigenvalue weighted by molar-refractivity contribution is 6.32. The lowest BCUT2D eigenvalue weighted by Gasteiger charge is -2.16. The number of halogens is 1. The van der Waals surface area contributed by atoms with Gasteiger partial charge in [-0.25, -0.2) is 0 Å². The summed E-state index contributed by atoms with van der Waals surface area (Å²) in [5, 5.41) is 4.03. The average Bonchev–Trinajstić information content (AvgIpc) is 2.41. The zero-order chi connectivity index (χ0) is 14.5. The minimum Gasteiger partial charge on any atom is -0.455 e. The minimum atomic E-state index is 0.417. The maximum absolute atomic E-state index is 6.29. The second kappa shape index (κ2) is 6.78. The molecule has 2 nitrogen and oxygen atoms in total. The molecule has 0 aliphatic heterocycles. The molecule has 3 heteroatoms. The molecule has 0 bridgehead atoms. The summed E-state index contributed by atoms with van der Waals surface area (Å²) in [6, 6.07) is 14.2. The maximum Gasteiger partial charge on any atom is 0.150 e. The van der Waals surface area contributed by atoms with Crippen molar-refractivity contribution in [1.29, 1.82) is 0 Å². The molecule has 0 fully saturated rings. The van der Waals surface area contributed by atoms with Gasteiger partial charge >= 0.3 is 0 Å². The quantitative estimate of drug-likeness (QED) is 0.842. The van der Waals surface area contributed by atoms with Crippen LogP contribution in [0.1, 0.15) is 25.0 Å². The third-order valence-corrected chi connectivity index (χ3v) is 3.35. The fourth-order valence-corrected chi connectivity index (χ4v) is 2.13. The molecule has 1 N–H and O–H groups in total. The van der Waals surface area contributed by atoms with Crippen LogP contribution in [0.2, 0.25) is 5.02 Å². The minimum absolute atomic E-state index is 0.417. The van der Waals surface area contributed by atoms with Crippen LogP contribution in [0.5, 0.6) is 11.5 Å². The Morgan fingerprint density at radius 3 is 2.55 bits per heavy atom. The first-order valence-corrected chi connectivity index (χ1v) is 7.20. The Morgan fingerprint density at radius 1 is 1.10 bits per heavy atom. The summed E-state index contributed by atoms with van der Waals surface area (Å²) in [5.41, 5.74) is 2.16. The molecule has 0 radical (unpaired) electrons. The summed E-state index contributed by atoms with van der Waals surface area (Å²) >= 11 is 6.29. The number of hydrogen-bond acceptors (Lipinski definition) is 2. The van der Waals surface area contributed by atoms with Crippen LogP contribution in [0.4, 0.5) is 0 Å². The van der Waals surface area contributed by atoms with Crippen molar-refractivity contribution in [3.8, 4) is 11.5 Å². The van der Waals surface area contributed by atoms with E-state index in [0.29, 0.717) is 11.1 Å². The predicted octanol–water partition coefficient (Wildman–Crippen LogP) is 4.94. The van der Waals surface area contributed by atoms with E-state index in [0.717, 1.165) is 29.2 Å². The van der Waals surface area contributed by atoms with Crippen LogP contribution in [0, 0.1) is 6.92 Å². The molecule has 0 aromatic heterocycles. The first kappa shape index (κ1) is 14.9. The summed E-state index contributed by atoms with van der Waals surface area (Å²) in [6.07, 6.45) is 0. The molecule has 2 aromatic rings. The molecule has 0 amide bonds. The van der Waals surface area contributed by atoms with Gasteiger partial charge in [-0.1, -0.05) is 55.8 Å². The number of nitrogens with one attached hydrogen (secondary N) is 1. The van der Waals surface area contributed by atoms with Crippen LogP contribution < -0.4 is 10.1 Å². The van der Waals surface area contributed by atoms with Gasteiger partial charge in [0.2, 0.25) is 0 Å². The molecule has 106 valence electrons. The van der Waals surface area contributed by atoms with Gasteiger partial charge < -0.3 is 10.1 Å². The average molecular weight is 290 g/mol. The molecule has 0 spiro atoms. The normalized spacial score (nSPS) is 10.8. The van der Waals surface area contributed by atoms with Gasteiger partial charge in [0.15, 0.2) is 5.75 Å². The van der Waals surface area contributed by atoms with Gasteiger partial charge in [-0.15, -0.1) is 0 Å². The van der Waals surface area contributed by atoms with Crippen molar-refractivity contribution in [2.45, 2.75) is 33.4 Å². The monoisotopic (exact) mass is 289 g/mol. The van der Waals surface area contributed by atoms with E-state index in [1.54, 1.807) is 0 Å². The Labute approximate surface area is 125 Å². The van der Waals surface area contributed by atoms with Crippen LogP contribution in [-0.2, 0) is 6.54 Å². The van der Waals surface area contributed by atoms with E-state index >= 15 is 0 Å². The van der Waals surface area contributed by atoms with Crippen molar-refractivity contribution in [3.63, 3.8) is 0 Å². The SMILES string of the molecule is Cc1ccccc1Oc1c(Cl)cccc1CNC(C)C. The van der Waals surface area contributed by atoms with Gasteiger partial charge in [0.25, 0.3) is 0 Å². The number of benzene rings is 2. The van der Waals surface area contributed by atoms with Crippen LogP contribution in [0.25, 0.3) is 0 Å². The largest absolute Gasteiger partial charge is 0.455 e. The van der Waals surface area contributed by atoms with Gasteiger partial charge in [0.05, 0.1) is 5.02 Å². The van der Waals surface area contributed by atoms with Gasteiger partial charge in [0.1, 0.15) is 5.75 Å². The number of rotatable bonds is 5. The van der Waals surface area contributed by atoms with E-state index < -0.39 is 0 Å². The topological polar surface area (TPSA) is 21.3 Å². The van der Waals surface area contributed by atoms with E-state index in [9.17, 15) is 0 Å². The van der Waals surface area contributed by atoms with Crippen molar-refractivity contribution in [3.05, 3.63) is 58.6 Å². The van der Waals surface area contributed by atoms with Gasteiger partial charge in [-0.05, 0) is 24.6 Å². The number of para-hydroxylation sites is 2. The molecule has 0 saturated heterocycles. The second-order valence-corrected chi connectivity index (χ2v) is 5.54. The van der Waals surface area contributed by atoms with Crippen LogP contribution in [0.15, 0.2) is 42.5 Å². The van der Waals surface area contributed by atoms with Crippen molar-refractivity contribution in [2.75, 3.05) is 0 Å². The lowest BCUT2D eigenvalue weighted by Crippen LogP contribution is -2.22. The molecule has 0 aliphatic carbocycles. The first-order valence-electron chi connectivity index (χ1n) is 6.82. The second-order valence-electron chi connectivity index (χ2n) is 5.13. The van der Waals surface area contributed by atoms with Gasteiger partial charge in [0, 0.05) is 18.2 Å². The highest BCUT2D eigenvalue weighted by atomic mass is 35.5. The van der Waals surface area contributed by atoms with Crippen LogP contribution in [-0.4, -0.2) is 6.04 Å². The van der Waals surface area contributed by atoms with Crippen LogP contribution >= 0.6 is 11.6 Å². The number of hydrogen-bond donors (Lipinski definition) is 1. The molecule has 0 unspecified atom stereocenters. The molecular formula is C17H20ClNO. The highest BCUT2D eigenvalue weighted by Gasteiger charge is 2.11. The Hall–Kier alpha value is -1.51. The van der Waals surface area contributed by atoms with E-state index in [1.165, 1.54) is 0 Å². The van der Waals surface area contributed by atoms with Crippen LogP contribution in [0.3, 0.4) is 0 Å². The van der Waals surface area contributed by atoms with Gasteiger partial charge in [-0.3, -0.25) is 0 Å². The maximum atomic E-state index is 6.29. The summed E-state index contributed by atoms with van der Waals surface area (Å²) in [4.78, 5) is 0. The van der Waals surface area contributed by atoms with E-state index in [4.69, 9.17) is 16.3 Å². The fourth-order valence-electron chi connectivity index (χ4n) is 1.90.